The summed E-state index contributed by atoms with van der Waals surface area (Å²) in [7, 11) is 0. The summed E-state index contributed by atoms with van der Waals surface area (Å²) >= 11 is 0. The lowest BCUT2D eigenvalue weighted by Gasteiger charge is -2.33. The summed E-state index contributed by atoms with van der Waals surface area (Å²) in [5.41, 5.74) is 8.56. The average molecular weight is 437 g/mol. The van der Waals surface area contributed by atoms with E-state index in [1.807, 2.05) is 17.9 Å². The molecule has 2 unspecified atom stereocenters. The molecule has 1 saturated heterocycles. The first-order valence-electron chi connectivity index (χ1n) is 11.9. The molecule has 0 saturated carbocycles. The minimum Gasteiger partial charge on any atom is -0.448 e. The molecule has 6 rings (SSSR count). The molecule has 1 aliphatic carbocycles. The van der Waals surface area contributed by atoms with Crippen LogP contribution >= 0.6 is 0 Å². The Bertz CT molecular complexity index is 1200. The third-order valence-electron chi connectivity index (χ3n) is 7.37. The number of carbonyl (C=O) groups is 1. The van der Waals surface area contributed by atoms with Gasteiger partial charge in [0.25, 0.3) is 0 Å². The van der Waals surface area contributed by atoms with Crippen LogP contribution < -0.4 is 0 Å². The zero-order chi connectivity index (χ0) is 22.4. The second-order valence-electron chi connectivity index (χ2n) is 9.49. The van der Waals surface area contributed by atoms with Crippen LogP contribution in [0.25, 0.3) is 11.1 Å². The third-order valence-corrected chi connectivity index (χ3v) is 7.37. The number of pyridine rings is 1. The minimum atomic E-state index is -0.173. The number of benzene rings is 2. The summed E-state index contributed by atoms with van der Waals surface area (Å²) in [4.78, 5) is 19.9. The van der Waals surface area contributed by atoms with E-state index in [4.69, 9.17) is 4.74 Å². The second kappa shape index (κ2) is 8.18. The van der Waals surface area contributed by atoms with Gasteiger partial charge in [-0.05, 0) is 60.6 Å². The topological polar surface area (TPSA) is 42.4 Å². The third kappa shape index (κ3) is 3.64. The molecule has 0 radical (unpaired) electrons. The van der Waals surface area contributed by atoms with Crippen LogP contribution in [-0.4, -0.2) is 34.7 Å². The second-order valence-corrected chi connectivity index (χ2v) is 9.49. The molecule has 2 bridgehead atoms. The standard InChI is InChI=1S/C29H28N2O2/c1-19-7-6-8-21(30-19)15-20-16-22-13-14-23(17-20)31(22)29(32)33-18-28-26-11-4-2-9-24(26)25-10-3-5-12-27(25)28/h2-12,16,22-23,28H,13-15,17-18H2,1H3. The maximum Gasteiger partial charge on any atom is 0.410 e. The van der Waals surface area contributed by atoms with Gasteiger partial charge in [-0.2, -0.15) is 0 Å². The highest BCUT2D eigenvalue weighted by molar-refractivity contribution is 5.79. The average Bonchev–Trinajstić information content (AvgIpc) is 3.29. The van der Waals surface area contributed by atoms with E-state index in [0.29, 0.717) is 6.61 Å². The van der Waals surface area contributed by atoms with Crippen LogP contribution in [0.15, 0.2) is 78.4 Å². The Morgan fingerprint density at radius 3 is 2.39 bits per heavy atom. The van der Waals surface area contributed by atoms with Crippen LogP contribution in [-0.2, 0) is 11.2 Å². The number of aryl methyl sites for hydroxylation is 1. The molecule has 0 spiro atoms. The molecule has 2 aliphatic heterocycles. The van der Waals surface area contributed by atoms with Crippen LogP contribution in [0, 0.1) is 6.92 Å². The minimum absolute atomic E-state index is 0.0993. The fourth-order valence-corrected chi connectivity index (χ4v) is 5.93. The first-order valence-corrected chi connectivity index (χ1v) is 11.9. The summed E-state index contributed by atoms with van der Waals surface area (Å²) in [5.74, 6) is 0.0993. The van der Waals surface area contributed by atoms with E-state index < -0.39 is 0 Å². The monoisotopic (exact) mass is 436 g/mol. The maximum absolute atomic E-state index is 13.2. The van der Waals surface area contributed by atoms with E-state index in [0.717, 1.165) is 37.1 Å². The molecule has 0 N–H and O–H groups in total. The van der Waals surface area contributed by atoms with Crippen molar-refractivity contribution in [1.29, 1.82) is 0 Å². The molecule has 3 aromatic rings. The van der Waals surface area contributed by atoms with Gasteiger partial charge in [0.15, 0.2) is 0 Å². The number of carbonyl (C=O) groups excluding carboxylic acids is 1. The van der Waals surface area contributed by atoms with E-state index >= 15 is 0 Å². The summed E-state index contributed by atoms with van der Waals surface area (Å²) in [5, 5.41) is 0. The van der Waals surface area contributed by atoms with Gasteiger partial charge in [-0.1, -0.05) is 66.2 Å². The lowest BCUT2D eigenvalue weighted by molar-refractivity contribution is 0.0849. The van der Waals surface area contributed by atoms with Crippen molar-refractivity contribution in [2.75, 3.05) is 6.61 Å². The molecule has 1 aromatic heterocycles. The molecule has 1 amide bonds. The Hall–Kier alpha value is -3.40. The lowest BCUT2D eigenvalue weighted by Crippen LogP contribution is -2.44. The van der Waals surface area contributed by atoms with Crippen molar-refractivity contribution in [3.63, 3.8) is 0 Å². The smallest absolute Gasteiger partial charge is 0.410 e. The summed E-state index contributed by atoms with van der Waals surface area (Å²) in [6, 6.07) is 23.5. The van der Waals surface area contributed by atoms with Gasteiger partial charge in [0.05, 0.1) is 6.04 Å². The normalized spacial score (nSPS) is 20.9. The molecule has 33 heavy (non-hydrogen) atoms. The van der Waals surface area contributed by atoms with E-state index in [1.54, 1.807) is 0 Å². The maximum atomic E-state index is 13.2. The molecule has 3 aliphatic rings. The van der Waals surface area contributed by atoms with Crippen molar-refractivity contribution in [3.05, 3.63) is 101 Å². The van der Waals surface area contributed by atoms with Crippen LogP contribution in [0.3, 0.4) is 0 Å². The zero-order valence-electron chi connectivity index (χ0n) is 18.9. The molecular weight excluding hydrogens is 408 g/mol. The summed E-state index contributed by atoms with van der Waals surface area (Å²) in [6.45, 7) is 2.41. The van der Waals surface area contributed by atoms with Crippen LogP contribution in [0.2, 0.25) is 0 Å². The number of amides is 1. The zero-order valence-corrected chi connectivity index (χ0v) is 18.9. The summed E-state index contributed by atoms with van der Waals surface area (Å²) < 4.78 is 5.97. The molecule has 2 atom stereocenters. The van der Waals surface area contributed by atoms with Crippen molar-refractivity contribution >= 4 is 6.09 Å². The van der Waals surface area contributed by atoms with Crippen LogP contribution in [0.5, 0.6) is 0 Å². The molecule has 1 fully saturated rings. The lowest BCUT2D eigenvalue weighted by atomic mass is 9.97. The van der Waals surface area contributed by atoms with Gasteiger partial charge in [-0.25, -0.2) is 4.79 Å². The number of fused-ring (bicyclic) bond motifs is 5. The highest BCUT2D eigenvalue weighted by Crippen LogP contribution is 2.45. The van der Waals surface area contributed by atoms with Gasteiger partial charge < -0.3 is 4.74 Å². The number of nitrogens with zero attached hydrogens (tertiary/aromatic N) is 2. The predicted octanol–water partition coefficient (Wildman–Crippen LogP) is 6.04. The Morgan fingerprint density at radius 1 is 0.970 bits per heavy atom. The number of ether oxygens (including phenoxy) is 1. The molecule has 4 nitrogen and oxygen atoms in total. The number of hydrogen-bond acceptors (Lipinski definition) is 3. The first-order chi connectivity index (χ1) is 16.2. The summed E-state index contributed by atoms with van der Waals surface area (Å²) in [6.07, 6.45) is 5.95. The van der Waals surface area contributed by atoms with Gasteiger partial charge in [-0.15, -0.1) is 0 Å². The van der Waals surface area contributed by atoms with Crippen molar-refractivity contribution < 1.29 is 9.53 Å². The van der Waals surface area contributed by atoms with Crippen molar-refractivity contribution in [2.45, 2.75) is 50.6 Å². The Labute approximate surface area is 194 Å². The van der Waals surface area contributed by atoms with E-state index in [-0.39, 0.29) is 24.1 Å². The van der Waals surface area contributed by atoms with Crippen molar-refractivity contribution in [2.24, 2.45) is 0 Å². The Balaban J connectivity index is 1.16. The Kier molecular flexibility index (Phi) is 5.01. The molecule has 166 valence electrons. The largest absolute Gasteiger partial charge is 0.448 e. The molecular formula is C29H28N2O2. The van der Waals surface area contributed by atoms with Gasteiger partial charge in [-0.3, -0.25) is 9.88 Å². The predicted molar refractivity (Wildman–Crippen MR) is 129 cm³/mol. The fraction of sp³-hybridized carbons (Fsp3) is 0.310. The fourth-order valence-electron chi connectivity index (χ4n) is 5.93. The highest BCUT2D eigenvalue weighted by atomic mass is 16.6. The van der Waals surface area contributed by atoms with Crippen LogP contribution in [0.4, 0.5) is 4.79 Å². The van der Waals surface area contributed by atoms with E-state index in [2.05, 4.69) is 71.7 Å². The SMILES string of the molecule is Cc1cccc(CC2=CC3CCC(C2)N3C(=O)OCC2c3ccccc3-c3ccccc32)n1. The highest BCUT2D eigenvalue weighted by Gasteiger charge is 2.41. The van der Waals surface area contributed by atoms with E-state index in [9.17, 15) is 4.79 Å². The van der Waals surface area contributed by atoms with Crippen molar-refractivity contribution in [1.82, 2.24) is 9.88 Å². The van der Waals surface area contributed by atoms with Crippen LogP contribution in [0.1, 0.15) is 47.7 Å². The Morgan fingerprint density at radius 2 is 1.70 bits per heavy atom. The van der Waals surface area contributed by atoms with Crippen molar-refractivity contribution in [3.8, 4) is 11.1 Å². The van der Waals surface area contributed by atoms with E-state index in [1.165, 1.54) is 27.8 Å². The molecule has 3 heterocycles. The first kappa shape index (κ1) is 20.2. The molecule has 4 heteroatoms. The van der Waals surface area contributed by atoms with Gasteiger partial charge >= 0.3 is 6.09 Å². The quantitative estimate of drug-likeness (QED) is 0.468. The molecule has 2 aromatic carbocycles. The number of aromatic nitrogens is 1. The van der Waals surface area contributed by atoms with Gasteiger partial charge in [0.1, 0.15) is 6.61 Å². The number of hydrogen-bond donors (Lipinski definition) is 0. The van der Waals surface area contributed by atoms with Gasteiger partial charge in [0, 0.05) is 29.8 Å². The van der Waals surface area contributed by atoms with Gasteiger partial charge in [0.2, 0.25) is 0 Å². The number of rotatable bonds is 4.